The summed E-state index contributed by atoms with van der Waals surface area (Å²) in [5.41, 5.74) is 0.740. The molecular formula is C11H13BrN4O2S. The molecule has 3 rings (SSSR count). The van der Waals surface area contributed by atoms with Crippen LogP contribution in [0.3, 0.4) is 0 Å². The average molecular weight is 345 g/mol. The van der Waals surface area contributed by atoms with Gasteiger partial charge in [0.15, 0.2) is 21.3 Å². The Morgan fingerprint density at radius 1 is 1.53 bits per heavy atom. The molecule has 1 N–H and O–H groups in total. The second-order valence-electron chi connectivity index (χ2n) is 4.72. The van der Waals surface area contributed by atoms with E-state index >= 15 is 0 Å². The zero-order valence-corrected chi connectivity index (χ0v) is 12.5. The third-order valence-corrected chi connectivity index (χ3v) is 5.45. The highest BCUT2D eigenvalue weighted by Crippen LogP contribution is 2.21. The topological polar surface area (TPSA) is 76.4 Å². The van der Waals surface area contributed by atoms with Crippen LogP contribution in [-0.2, 0) is 9.84 Å². The van der Waals surface area contributed by atoms with Crippen molar-refractivity contribution < 1.29 is 8.42 Å². The van der Waals surface area contributed by atoms with Gasteiger partial charge >= 0.3 is 0 Å². The van der Waals surface area contributed by atoms with Gasteiger partial charge in [-0.05, 0) is 28.3 Å². The van der Waals surface area contributed by atoms with E-state index in [0.29, 0.717) is 29.1 Å². The van der Waals surface area contributed by atoms with Gasteiger partial charge in [0.1, 0.15) is 4.60 Å². The molecule has 0 amide bonds. The lowest BCUT2D eigenvalue weighted by molar-refractivity contribution is 0.595. The Hall–Kier alpha value is -1.15. The highest BCUT2D eigenvalue weighted by atomic mass is 79.9. The van der Waals surface area contributed by atoms with Crippen molar-refractivity contribution in [2.75, 3.05) is 23.4 Å². The lowest BCUT2D eigenvalue weighted by Gasteiger charge is -2.11. The number of hydrogen-bond donors (Lipinski definition) is 1. The quantitative estimate of drug-likeness (QED) is 0.909. The second kappa shape index (κ2) is 4.75. The number of nitrogens with one attached hydrogen (secondary N) is 1. The van der Waals surface area contributed by atoms with Crippen molar-refractivity contribution in [2.45, 2.75) is 6.42 Å². The second-order valence-corrected chi connectivity index (χ2v) is 7.76. The van der Waals surface area contributed by atoms with E-state index in [1.165, 1.54) is 0 Å². The van der Waals surface area contributed by atoms with Crippen LogP contribution in [-0.4, -0.2) is 40.8 Å². The van der Waals surface area contributed by atoms with Crippen LogP contribution < -0.4 is 5.32 Å². The first kappa shape index (κ1) is 12.9. The number of aromatic nitrogens is 3. The van der Waals surface area contributed by atoms with Crippen LogP contribution in [0.15, 0.2) is 23.2 Å². The van der Waals surface area contributed by atoms with Crippen molar-refractivity contribution in [1.29, 1.82) is 0 Å². The lowest BCUT2D eigenvalue weighted by atomic mass is 10.1. The fourth-order valence-electron chi connectivity index (χ4n) is 2.29. The normalized spacial score (nSPS) is 21.8. The molecular weight excluding hydrogens is 332 g/mol. The molecule has 1 fully saturated rings. The van der Waals surface area contributed by atoms with Crippen LogP contribution in [0.5, 0.6) is 0 Å². The number of imidazole rings is 1. The van der Waals surface area contributed by atoms with Gasteiger partial charge in [-0.25, -0.2) is 18.4 Å². The maximum absolute atomic E-state index is 11.4. The fourth-order valence-corrected chi connectivity index (χ4v) is 4.55. The van der Waals surface area contributed by atoms with Crippen LogP contribution in [0, 0.1) is 5.92 Å². The Balaban J connectivity index is 1.77. The standard InChI is InChI=1S/C11H13BrN4O2S/c12-9-6-16-3-2-13-11(16)10(15-9)14-5-8-1-4-19(17,18)7-8/h2-3,6,8H,1,4-5,7H2,(H,14,15). The molecule has 1 saturated heterocycles. The van der Waals surface area contributed by atoms with Crippen LogP contribution in [0.25, 0.3) is 5.65 Å². The SMILES string of the molecule is O=S1(=O)CCC(CNc2nc(Br)cn3ccnc23)C1. The van der Waals surface area contributed by atoms with Gasteiger partial charge in [0, 0.05) is 25.1 Å². The van der Waals surface area contributed by atoms with E-state index in [4.69, 9.17) is 0 Å². The predicted octanol–water partition coefficient (Wildman–Crippen LogP) is 1.34. The molecule has 102 valence electrons. The van der Waals surface area contributed by atoms with Crippen molar-refractivity contribution in [3.63, 3.8) is 0 Å². The predicted molar refractivity (Wildman–Crippen MR) is 75.9 cm³/mol. The summed E-state index contributed by atoms with van der Waals surface area (Å²) in [4.78, 5) is 8.58. The average Bonchev–Trinajstić information content (AvgIpc) is 2.92. The summed E-state index contributed by atoms with van der Waals surface area (Å²) >= 11 is 3.34. The van der Waals surface area contributed by atoms with Gasteiger partial charge in [0.25, 0.3) is 0 Å². The Morgan fingerprint density at radius 3 is 3.11 bits per heavy atom. The molecule has 0 saturated carbocycles. The van der Waals surface area contributed by atoms with Gasteiger partial charge in [-0.1, -0.05) is 0 Å². The molecule has 0 aliphatic carbocycles. The van der Waals surface area contributed by atoms with E-state index < -0.39 is 9.84 Å². The first-order valence-electron chi connectivity index (χ1n) is 5.97. The van der Waals surface area contributed by atoms with Crippen molar-refractivity contribution in [2.24, 2.45) is 5.92 Å². The van der Waals surface area contributed by atoms with Gasteiger partial charge in [-0.2, -0.15) is 0 Å². The maximum atomic E-state index is 11.4. The van der Waals surface area contributed by atoms with E-state index in [2.05, 4.69) is 31.2 Å². The first-order valence-corrected chi connectivity index (χ1v) is 8.58. The minimum atomic E-state index is -2.83. The van der Waals surface area contributed by atoms with Crippen molar-refractivity contribution in [3.05, 3.63) is 23.2 Å². The lowest BCUT2D eigenvalue weighted by Crippen LogP contribution is -2.17. The number of rotatable bonds is 3. The van der Waals surface area contributed by atoms with E-state index in [-0.39, 0.29) is 11.7 Å². The molecule has 0 spiro atoms. The molecule has 3 heterocycles. The number of halogens is 1. The molecule has 19 heavy (non-hydrogen) atoms. The molecule has 0 bridgehead atoms. The first-order chi connectivity index (χ1) is 9.03. The molecule has 2 aromatic rings. The Bertz CT molecular complexity index is 713. The Morgan fingerprint density at radius 2 is 2.37 bits per heavy atom. The molecule has 6 nitrogen and oxygen atoms in total. The number of fused-ring (bicyclic) bond motifs is 1. The van der Waals surface area contributed by atoms with E-state index in [9.17, 15) is 8.42 Å². The molecule has 0 aromatic carbocycles. The van der Waals surface area contributed by atoms with Gasteiger partial charge in [-0.3, -0.25) is 0 Å². The summed E-state index contributed by atoms with van der Waals surface area (Å²) in [7, 11) is -2.83. The van der Waals surface area contributed by atoms with Crippen LogP contribution >= 0.6 is 15.9 Å². The summed E-state index contributed by atoms with van der Waals surface area (Å²) in [6.07, 6.45) is 6.09. The summed E-state index contributed by atoms with van der Waals surface area (Å²) < 4.78 is 25.4. The summed E-state index contributed by atoms with van der Waals surface area (Å²) in [6.45, 7) is 0.602. The minimum absolute atomic E-state index is 0.154. The summed E-state index contributed by atoms with van der Waals surface area (Å²) in [5.74, 6) is 1.38. The van der Waals surface area contributed by atoms with E-state index in [0.717, 1.165) is 5.65 Å². The highest BCUT2D eigenvalue weighted by Gasteiger charge is 2.27. The molecule has 2 aromatic heterocycles. The van der Waals surface area contributed by atoms with Crippen molar-refractivity contribution in [1.82, 2.24) is 14.4 Å². The van der Waals surface area contributed by atoms with Gasteiger partial charge < -0.3 is 9.72 Å². The zero-order chi connectivity index (χ0) is 13.5. The maximum Gasteiger partial charge on any atom is 0.180 e. The highest BCUT2D eigenvalue weighted by molar-refractivity contribution is 9.10. The van der Waals surface area contributed by atoms with Gasteiger partial charge in [-0.15, -0.1) is 0 Å². The molecule has 0 radical (unpaired) electrons. The third-order valence-electron chi connectivity index (χ3n) is 3.23. The Kier molecular flexibility index (Phi) is 3.22. The summed E-state index contributed by atoms with van der Waals surface area (Å²) in [6, 6.07) is 0. The smallest absolute Gasteiger partial charge is 0.180 e. The van der Waals surface area contributed by atoms with Crippen molar-refractivity contribution >= 4 is 37.2 Å². The number of nitrogens with zero attached hydrogens (tertiary/aromatic N) is 3. The van der Waals surface area contributed by atoms with Gasteiger partial charge in [0.05, 0.1) is 11.5 Å². The number of anilines is 1. The number of hydrogen-bond acceptors (Lipinski definition) is 5. The molecule has 1 aliphatic rings. The zero-order valence-electron chi connectivity index (χ0n) is 10.1. The molecule has 1 atom stereocenters. The monoisotopic (exact) mass is 344 g/mol. The molecule has 1 aliphatic heterocycles. The third kappa shape index (κ3) is 2.74. The van der Waals surface area contributed by atoms with Crippen LogP contribution in [0.1, 0.15) is 6.42 Å². The Labute approximate surface area is 119 Å². The van der Waals surface area contributed by atoms with Crippen molar-refractivity contribution in [3.8, 4) is 0 Å². The van der Waals surface area contributed by atoms with E-state index in [1.807, 2.05) is 16.8 Å². The van der Waals surface area contributed by atoms with Crippen LogP contribution in [0.2, 0.25) is 0 Å². The number of sulfone groups is 1. The summed E-state index contributed by atoms with van der Waals surface area (Å²) in [5, 5.41) is 3.21. The molecule has 8 heteroatoms. The van der Waals surface area contributed by atoms with Gasteiger partial charge in [0.2, 0.25) is 0 Å². The minimum Gasteiger partial charge on any atom is -0.367 e. The molecule has 1 unspecified atom stereocenters. The largest absolute Gasteiger partial charge is 0.367 e. The van der Waals surface area contributed by atoms with Crippen LogP contribution in [0.4, 0.5) is 5.82 Å². The fraction of sp³-hybridized carbons (Fsp3) is 0.455. The van der Waals surface area contributed by atoms with E-state index in [1.54, 1.807) is 6.20 Å².